The largest absolute Gasteiger partial charge is 0.310 e. The zero-order valence-corrected chi connectivity index (χ0v) is 33.0. The van der Waals surface area contributed by atoms with Crippen molar-refractivity contribution in [1.82, 2.24) is 4.57 Å². The quantitative estimate of drug-likeness (QED) is 0.150. The van der Waals surface area contributed by atoms with Gasteiger partial charge in [0.2, 0.25) is 0 Å². The summed E-state index contributed by atoms with van der Waals surface area (Å²) in [4.78, 5) is 2.38. The number of hydrogen-bond acceptors (Lipinski definition) is 1. The van der Waals surface area contributed by atoms with Gasteiger partial charge in [-0.3, -0.25) is 0 Å². The highest BCUT2D eigenvalue weighted by atomic mass is 15.1. The summed E-state index contributed by atoms with van der Waals surface area (Å²) in [7, 11) is 0. The van der Waals surface area contributed by atoms with Crippen LogP contribution in [-0.2, 0) is 0 Å². The van der Waals surface area contributed by atoms with Crippen LogP contribution >= 0.6 is 0 Å². The Morgan fingerprint density at radius 1 is 0.283 bits per heavy atom. The molecule has 0 aliphatic carbocycles. The molecule has 60 heavy (non-hydrogen) atoms. The van der Waals surface area contributed by atoms with Gasteiger partial charge in [-0.2, -0.15) is 0 Å². The van der Waals surface area contributed by atoms with Crippen molar-refractivity contribution in [3.05, 3.63) is 243 Å². The number of benzene rings is 10. The van der Waals surface area contributed by atoms with Crippen LogP contribution in [0.25, 0.3) is 82.8 Å². The van der Waals surface area contributed by atoms with Crippen molar-refractivity contribution in [2.24, 2.45) is 0 Å². The predicted octanol–water partition coefficient (Wildman–Crippen LogP) is 16.1. The van der Waals surface area contributed by atoms with Gasteiger partial charge in [0.05, 0.1) is 11.0 Å². The molecule has 0 bridgehead atoms. The van der Waals surface area contributed by atoms with Gasteiger partial charge in [0.25, 0.3) is 0 Å². The molecular formula is C58H40N2. The van der Waals surface area contributed by atoms with Gasteiger partial charge in [-0.15, -0.1) is 0 Å². The maximum absolute atomic E-state index is 2.42. The van der Waals surface area contributed by atoms with Gasteiger partial charge in [0.1, 0.15) is 0 Å². The molecule has 0 amide bonds. The Kier molecular flexibility index (Phi) is 8.87. The Labute approximate surface area is 350 Å². The van der Waals surface area contributed by atoms with E-state index in [1.54, 1.807) is 0 Å². The van der Waals surface area contributed by atoms with Crippen LogP contribution in [0.1, 0.15) is 0 Å². The van der Waals surface area contributed by atoms with Crippen molar-refractivity contribution >= 4 is 49.6 Å². The second-order valence-electron chi connectivity index (χ2n) is 15.4. The van der Waals surface area contributed by atoms with E-state index < -0.39 is 0 Å². The predicted molar refractivity (Wildman–Crippen MR) is 255 cm³/mol. The van der Waals surface area contributed by atoms with E-state index in [1.165, 1.54) is 77.1 Å². The van der Waals surface area contributed by atoms with E-state index in [9.17, 15) is 0 Å². The summed E-state index contributed by atoms with van der Waals surface area (Å²) in [6, 6.07) is 87.8. The van der Waals surface area contributed by atoms with E-state index in [4.69, 9.17) is 0 Å². The van der Waals surface area contributed by atoms with Gasteiger partial charge in [-0.05, 0) is 122 Å². The molecule has 0 spiro atoms. The lowest BCUT2D eigenvalue weighted by atomic mass is 9.97. The number of rotatable bonds is 8. The molecule has 10 aromatic carbocycles. The molecular weight excluding hydrogens is 725 g/mol. The molecule has 0 aliphatic rings. The molecule has 2 nitrogen and oxygen atoms in total. The molecule has 0 unspecified atom stereocenters. The SMILES string of the molecule is c1ccc(-c2ccc(-c3ccc(N(c4ccc(-c5ccccc5)cc4)c4cccc(-c5cccc6c5c5cc7ccccc7cc5n6-c5ccccc5)c4)cc3)cc2)cc1. The first-order valence-electron chi connectivity index (χ1n) is 20.6. The Morgan fingerprint density at radius 2 is 0.733 bits per heavy atom. The fraction of sp³-hybridized carbons (Fsp3) is 0. The van der Waals surface area contributed by atoms with E-state index in [1.807, 2.05) is 0 Å². The lowest BCUT2D eigenvalue weighted by Gasteiger charge is -2.26. The van der Waals surface area contributed by atoms with Crippen molar-refractivity contribution in [3.63, 3.8) is 0 Å². The molecule has 2 heteroatoms. The van der Waals surface area contributed by atoms with Crippen molar-refractivity contribution in [3.8, 4) is 50.2 Å². The van der Waals surface area contributed by atoms with Gasteiger partial charge >= 0.3 is 0 Å². The Balaban J connectivity index is 1.04. The molecule has 0 N–H and O–H groups in total. The lowest BCUT2D eigenvalue weighted by Crippen LogP contribution is -2.10. The highest BCUT2D eigenvalue weighted by Gasteiger charge is 2.19. The number of nitrogens with zero attached hydrogens (tertiary/aromatic N) is 2. The van der Waals surface area contributed by atoms with Crippen molar-refractivity contribution in [2.45, 2.75) is 0 Å². The highest BCUT2D eigenvalue weighted by Crippen LogP contribution is 2.43. The van der Waals surface area contributed by atoms with E-state index in [2.05, 4.69) is 252 Å². The molecule has 1 heterocycles. The molecule has 11 aromatic rings. The summed E-state index contributed by atoms with van der Waals surface area (Å²) in [6.45, 7) is 0. The number of hydrogen-bond donors (Lipinski definition) is 0. The number of aromatic nitrogens is 1. The molecule has 0 radical (unpaired) electrons. The minimum absolute atomic E-state index is 1.09. The summed E-state index contributed by atoms with van der Waals surface area (Å²) in [6.07, 6.45) is 0. The van der Waals surface area contributed by atoms with Crippen LogP contribution in [-0.4, -0.2) is 4.57 Å². The monoisotopic (exact) mass is 764 g/mol. The fourth-order valence-corrected chi connectivity index (χ4v) is 8.83. The number of para-hydroxylation sites is 1. The van der Waals surface area contributed by atoms with Gasteiger partial charge in [-0.25, -0.2) is 0 Å². The smallest absolute Gasteiger partial charge is 0.0547 e. The number of fused-ring (bicyclic) bond motifs is 4. The normalized spacial score (nSPS) is 11.3. The van der Waals surface area contributed by atoms with Crippen molar-refractivity contribution in [2.75, 3.05) is 4.90 Å². The molecule has 0 saturated heterocycles. The topological polar surface area (TPSA) is 8.17 Å². The maximum Gasteiger partial charge on any atom is 0.0547 e. The first-order chi connectivity index (χ1) is 29.7. The second-order valence-corrected chi connectivity index (χ2v) is 15.4. The molecule has 282 valence electrons. The van der Waals surface area contributed by atoms with Crippen LogP contribution in [0, 0.1) is 0 Å². The third-order valence-electron chi connectivity index (χ3n) is 11.8. The maximum atomic E-state index is 2.42. The van der Waals surface area contributed by atoms with Crippen molar-refractivity contribution < 1.29 is 0 Å². The van der Waals surface area contributed by atoms with E-state index in [0.717, 1.165) is 22.7 Å². The zero-order valence-electron chi connectivity index (χ0n) is 33.0. The molecule has 0 fully saturated rings. The molecule has 0 saturated carbocycles. The van der Waals surface area contributed by atoms with Crippen LogP contribution in [0.5, 0.6) is 0 Å². The first kappa shape index (κ1) is 35.2. The summed E-state index contributed by atoms with van der Waals surface area (Å²) in [5.41, 5.74) is 16.4. The van der Waals surface area contributed by atoms with Gasteiger partial charge < -0.3 is 9.47 Å². The van der Waals surface area contributed by atoms with Crippen LogP contribution in [0.3, 0.4) is 0 Å². The second kappa shape index (κ2) is 15.1. The van der Waals surface area contributed by atoms with E-state index in [0.29, 0.717) is 0 Å². The Hall–Kier alpha value is -7.94. The summed E-state index contributed by atoms with van der Waals surface area (Å²) >= 11 is 0. The molecule has 1 aromatic heterocycles. The zero-order chi connectivity index (χ0) is 39.8. The summed E-state index contributed by atoms with van der Waals surface area (Å²) < 4.78 is 2.42. The van der Waals surface area contributed by atoms with Crippen molar-refractivity contribution in [1.29, 1.82) is 0 Å². The minimum atomic E-state index is 1.09. The van der Waals surface area contributed by atoms with Gasteiger partial charge in [0, 0.05) is 33.5 Å². The summed E-state index contributed by atoms with van der Waals surface area (Å²) in [5, 5.41) is 4.97. The average Bonchev–Trinajstić information content (AvgIpc) is 3.65. The number of anilines is 3. The van der Waals surface area contributed by atoms with Crippen LogP contribution in [0.2, 0.25) is 0 Å². The highest BCUT2D eigenvalue weighted by molar-refractivity contribution is 6.18. The van der Waals surface area contributed by atoms with Crippen LogP contribution < -0.4 is 4.90 Å². The lowest BCUT2D eigenvalue weighted by molar-refractivity contribution is 1.18. The third-order valence-corrected chi connectivity index (χ3v) is 11.8. The van der Waals surface area contributed by atoms with E-state index in [-0.39, 0.29) is 0 Å². The standard InChI is InChI=1S/C58H40N2/c1-4-14-41(15-5-1)43-26-28-44(29-27-43)46-32-36-52(37-33-46)59(51-34-30-45(31-35-51)42-16-6-2-7-17-42)53-23-12-20-49(38-53)54-24-13-25-56-58(54)55-39-47-18-10-11-19-48(47)40-57(55)60(56)50-21-8-3-9-22-50/h1-40H. The van der Waals surface area contributed by atoms with Crippen LogP contribution in [0.15, 0.2) is 243 Å². The Morgan fingerprint density at radius 3 is 1.30 bits per heavy atom. The van der Waals surface area contributed by atoms with E-state index >= 15 is 0 Å². The molecule has 0 aliphatic heterocycles. The Bertz CT molecular complexity index is 3260. The first-order valence-corrected chi connectivity index (χ1v) is 20.6. The van der Waals surface area contributed by atoms with Gasteiger partial charge in [-0.1, -0.05) is 176 Å². The van der Waals surface area contributed by atoms with Gasteiger partial charge in [0.15, 0.2) is 0 Å². The fourth-order valence-electron chi connectivity index (χ4n) is 8.83. The molecule has 11 rings (SSSR count). The van der Waals surface area contributed by atoms with Crippen LogP contribution in [0.4, 0.5) is 17.1 Å². The third kappa shape index (κ3) is 6.41. The molecule has 0 atom stereocenters. The minimum Gasteiger partial charge on any atom is -0.310 e. The summed E-state index contributed by atoms with van der Waals surface area (Å²) in [5.74, 6) is 0. The average molecular weight is 765 g/mol.